The van der Waals surface area contributed by atoms with Crippen molar-refractivity contribution in [2.24, 2.45) is 0 Å². The molecule has 0 aliphatic heterocycles. The number of thiophene rings is 1. The number of hydrogen-bond donors (Lipinski definition) is 1. The Morgan fingerprint density at radius 1 is 1.60 bits per heavy atom. The summed E-state index contributed by atoms with van der Waals surface area (Å²) in [6.45, 7) is 3.61. The zero-order chi connectivity index (χ0) is 11.4. The Kier molecular flexibility index (Phi) is 5.99. The molecular weight excluding hydrogens is 362 g/mol. The number of hydrogen-bond acceptors (Lipinski definition) is 3. The summed E-state index contributed by atoms with van der Waals surface area (Å²) >= 11 is 8.61. The minimum Gasteiger partial charge on any atom is -0.311 e. The molecule has 1 aromatic heterocycles. The molecule has 0 aliphatic rings. The average molecular weight is 375 g/mol. The van der Waals surface area contributed by atoms with Crippen LogP contribution in [0.15, 0.2) is 14.3 Å². The first-order valence-electron chi connectivity index (χ1n) is 4.47. The van der Waals surface area contributed by atoms with Crippen LogP contribution in [0.5, 0.6) is 0 Å². The van der Waals surface area contributed by atoms with Gasteiger partial charge in [0.2, 0.25) is 0 Å². The molecule has 0 fully saturated rings. The molecule has 1 N–H and O–H groups in total. The van der Waals surface area contributed by atoms with Gasteiger partial charge < -0.3 is 5.32 Å². The predicted molar refractivity (Wildman–Crippen MR) is 75.0 cm³/mol. The summed E-state index contributed by atoms with van der Waals surface area (Å²) < 4.78 is 13.3. The van der Waals surface area contributed by atoms with Crippen LogP contribution in [0.2, 0.25) is 0 Å². The molecule has 15 heavy (non-hydrogen) atoms. The maximum atomic E-state index is 11.1. The van der Waals surface area contributed by atoms with E-state index < -0.39 is 10.8 Å². The van der Waals surface area contributed by atoms with Crippen molar-refractivity contribution >= 4 is 54.0 Å². The molecule has 0 spiro atoms. The first kappa shape index (κ1) is 13.8. The monoisotopic (exact) mass is 373 g/mol. The smallest absolute Gasteiger partial charge is 0.0843 e. The summed E-state index contributed by atoms with van der Waals surface area (Å²) in [7, 11) is -0.745. The Morgan fingerprint density at radius 2 is 2.27 bits per heavy atom. The summed E-state index contributed by atoms with van der Waals surface area (Å²) in [5.74, 6) is 0. The van der Waals surface area contributed by atoms with Crippen LogP contribution in [0.3, 0.4) is 0 Å². The first-order chi connectivity index (χ1) is 7.00. The van der Waals surface area contributed by atoms with Gasteiger partial charge in [-0.1, -0.05) is 0 Å². The third-order valence-corrected chi connectivity index (χ3v) is 6.55. The van der Waals surface area contributed by atoms with E-state index in [1.165, 1.54) is 4.88 Å². The van der Waals surface area contributed by atoms with Crippen LogP contribution in [0, 0.1) is 0 Å². The summed E-state index contributed by atoms with van der Waals surface area (Å²) in [6.07, 6.45) is 1.74. The molecule has 2 atom stereocenters. The molecule has 0 saturated carbocycles. The highest BCUT2D eigenvalue weighted by Crippen LogP contribution is 2.32. The summed E-state index contributed by atoms with van der Waals surface area (Å²) in [6, 6.07) is 2.09. The van der Waals surface area contributed by atoms with Crippen molar-refractivity contribution in [2.75, 3.05) is 12.8 Å². The van der Waals surface area contributed by atoms with Crippen LogP contribution in [0.1, 0.15) is 11.8 Å². The fraction of sp³-hybridized carbons (Fsp3) is 0.556. The molecule has 0 aliphatic carbocycles. The molecule has 0 aromatic carbocycles. The fourth-order valence-electron chi connectivity index (χ4n) is 0.994. The number of nitrogens with one attached hydrogen (secondary N) is 1. The Hall–Kier alpha value is 0.770. The third kappa shape index (κ3) is 4.65. The summed E-state index contributed by atoms with van der Waals surface area (Å²) in [5.41, 5.74) is 0. The van der Waals surface area contributed by atoms with Gasteiger partial charge in [0.1, 0.15) is 0 Å². The van der Waals surface area contributed by atoms with Gasteiger partial charge in [0, 0.05) is 44.7 Å². The van der Waals surface area contributed by atoms with Crippen LogP contribution in [-0.4, -0.2) is 22.3 Å². The van der Waals surface area contributed by atoms with Crippen molar-refractivity contribution < 1.29 is 4.21 Å². The van der Waals surface area contributed by atoms with Crippen molar-refractivity contribution in [3.63, 3.8) is 0 Å². The van der Waals surface area contributed by atoms with E-state index in [0.717, 1.165) is 21.3 Å². The molecule has 86 valence electrons. The van der Waals surface area contributed by atoms with E-state index in [1.807, 2.05) is 6.92 Å². The maximum Gasteiger partial charge on any atom is 0.0843 e. The molecule has 6 heteroatoms. The van der Waals surface area contributed by atoms with E-state index in [9.17, 15) is 4.21 Å². The molecule has 1 heterocycles. The number of rotatable bonds is 5. The lowest BCUT2D eigenvalue weighted by Crippen LogP contribution is -2.26. The number of halogens is 2. The van der Waals surface area contributed by atoms with Gasteiger partial charge in [-0.05, 0) is 44.8 Å². The molecule has 0 bridgehead atoms. The van der Waals surface area contributed by atoms with Gasteiger partial charge >= 0.3 is 0 Å². The van der Waals surface area contributed by atoms with Crippen molar-refractivity contribution in [3.8, 4) is 0 Å². The molecule has 2 nitrogen and oxygen atoms in total. The van der Waals surface area contributed by atoms with Gasteiger partial charge in [-0.2, -0.15) is 0 Å². The lowest BCUT2D eigenvalue weighted by atomic mass is 10.4. The topological polar surface area (TPSA) is 29.1 Å². The molecule has 0 radical (unpaired) electrons. The lowest BCUT2D eigenvalue weighted by Gasteiger charge is -2.08. The van der Waals surface area contributed by atoms with Crippen molar-refractivity contribution in [3.05, 3.63) is 19.2 Å². The first-order valence-corrected chi connectivity index (χ1v) is 8.49. The fourth-order valence-corrected chi connectivity index (χ4v) is 3.49. The van der Waals surface area contributed by atoms with E-state index >= 15 is 0 Å². The van der Waals surface area contributed by atoms with Gasteiger partial charge in [-0.25, -0.2) is 0 Å². The van der Waals surface area contributed by atoms with E-state index in [4.69, 9.17) is 0 Å². The quantitative estimate of drug-likeness (QED) is 0.857. The maximum absolute atomic E-state index is 11.1. The highest BCUT2D eigenvalue weighted by molar-refractivity contribution is 9.13. The van der Waals surface area contributed by atoms with E-state index in [-0.39, 0.29) is 5.25 Å². The molecular formula is C9H13Br2NOS2. The minimum absolute atomic E-state index is 0.205. The zero-order valence-corrected chi connectivity index (χ0v) is 13.4. The molecule has 0 amide bonds. The largest absolute Gasteiger partial charge is 0.311 e. The van der Waals surface area contributed by atoms with E-state index in [1.54, 1.807) is 17.6 Å². The Morgan fingerprint density at radius 3 is 2.73 bits per heavy atom. The Labute approximate surface area is 114 Å². The second kappa shape index (κ2) is 6.49. The van der Waals surface area contributed by atoms with Crippen LogP contribution in [0.4, 0.5) is 0 Å². The normalized spacial score (nSPS) is 15.2. The third-order valence-electron chi connectivity index (χ3n) is 1.99. The molecule has 1 aromatic rings. The van der Waals surface area contributed by atoms with Gasteiger partial charge in [0.05, 0.1) is 3.79 Å². The Balaban J connectivity index is 2.35. The van der Waals surface area contributed by atoms with Crippen LogP contribution >= 0.6 is 43.2 Å². The average Bonchev–Trinajstić information content (AvgIpc) is 2.46. The lowest BCUT2D eigenvalue weighted by molar-refractivity contribution is 0.649. The second-order valence-corrected chi connectivity index (χ2v) is 8.39. The van der Waals surface area contributed by atoms with Gasteiger partial charge in [-0.3, -0.25) is 4.21 Å². The summed E-state index contributed by atoms with van der Waals surface area (Å²) in [5, 5.41) is 3.50. The summed E-state index contributed by atoms with van der Waals surface area (Å²) in [4.78, 5) is 1.27. The van der Waals surface area contributed by atoms with Crippen molar-refractivity contribution in [1.82, 2.24) is 5.32 Å². The van der Waals surface area contributed by atoms with Gasteiger partial charge in [0.25, 0.3) is 0 Å². The van der Waals surface area contributed by atoms with Crippen LogP contribution < -0.4 is 5.32 Å². The SMILES string of the molecule is CC(CNCc1cc(Br)c(Br)s1)S(C)=O. The standard InChI is InChI=1S/C9H13Br2NOS2/c1-6(15(2)13)4-12-5-7-3-8(10)9(11)14-7/h3,6,12H,4-5H2,1-2H3. The van der Waals surface area contributed by atoms with Crippen LogP contribution in [-0.2, 0) is 17.3 Å². The molecule has 1 rings (SSSR count). The predicted octanol–water partition coefficient (Wildman–Crippen LogP) is 3.13. The molecule has 0 saturated heterocycles. The van der Waals surface area contributed by atoms with E-state index in [0.29, 0.717) is 0 Å². The van der Waals surface area contributed by atoms with Gasteiger partial charge in [0.15, 0.2) is 0 Å². The van der Waals surface area contributed by atoms with Crippen molar-refractivity contribution in [2.45, 2.75) is 18.7 Å². The second-order valence-electron chi connectivity index (χ2n) is 3.27. The minimum atomic E-state index is -0.745. The van der Waals surface area contributed by atoms with Crippen molar-refractivity contribution in [1.29, 1.82) is 0 Å². The Bertz CT molecular complexity index is 334. The van der Waals surface area contributed by atoms with Crippen LogP contribution in [0.25, 0.3) is 0 Å². The molecule has 2 unspecified atom stereocenters. The van der Waals surface area contributed by atoms with E-state index in [2.05, 4.69) is 43.2 Å². The zero-order valence-electron chi connectivity index (χ0n) is 8.55. The highest BCUT2D eigenvalue weighted by atomic mass is 79.9. The van der Waals surface area contributed by atoms with Gasteiger partial charge in [-0.15, -0.1) is 11.3 Å². The highest BCUT2D eigenvalue weighted by Gasteiger charge is 2.07.